The second-order valence-corrected chi connectivity index (χ2v) is 2.61. The van der Waals surface area contributed by atoms with Gasteiger partial charge >= 0.3 is 11.7 Å². The van der Waals surface area contributed by atoms with E-state index >= 15 is 0 Å². The molecule has 1 rings (SSSR count). The first-order valence-electron chi connectivity index (χ1n) is 3.87. The summed E-state index contributed by atoms with van der Waals surface area (Å²) in [7, 11) is 0. The summed E-state index contributed by atoms with van der Waals surface area (Å²) >= 11 is 0. The zero-order chi connectivity index (χ0) is 10.0. The monoisotopic (exact) mass is 182 g/mol. The Bertz CT molecular complexity index is 395. The van der Waals surface area contributed by atoms with Gasteiger partial charge in [-0.2, -0.15) is 4.98 Å². The summed E-state index contributed by atoms with van der Waals surface area (Å²) in [5, 5.41) is 8.72. The van der Waals surface area contributed by atoms with Gasteiger partial charge in [0.25, 0.3) is 0 Å². The fourth-order valence-corrected chi connectivity index (χ4v) is 1.01. The van der Waals surface area contributed by atoms with Crippen molar-refractivity contribution in [3.05, 3.63) is 27.9 Å². The quantitative estimate of drug-likeness (QED) is 0.712. The zero-order valence-corrected chi connectivity index (χ0v) is 7.44. The van der Waals surface area contributed by atoms with Crippen molar-refractivity contribution >= 4 is 5.97 Å². The smallest absolute Gasteiger partial charge is 0.347 e. The fourth-order valence-electron chi connectivity index (χ4n) is 1.01. The number of hydrogen-bond acceptors (Lipinski definition) is 3. The van der Waals surface area contributed by atoms with E-state index < -0.39 is 11.7 Å². The van der Waals surface area contributed by atoms with Crippen LogP contribution in [0.2, 0.25) is 0 Å². The minimum Gasteiger partial charge on any atom is -0.478 e. The molecule has 0 aromatic carbocycles. The fraction of sp³-hybridized carbons (Fsp3) is 0.375. The third-order valence-electron chi connectivity index (χ3n) is 1.75. The summed E-state index contributed by atoms with van der Waals surface area (Å²) in [6.07, 6.45) is 1.31. The van der Waals surface area contributed by atoms with E-state index in [1.807, 2.05) is 0 Å². The lowest BCUT2D eigenvalue weighted by Gasteiger charge is -2.03. The van der Waals surface area contributed by atoms with Gasteiger partial charge in [-0.05, 0) is 13.8 Å². The molecule has 0 saturated carbocycles. The number of aromatic nitrogens is 2. The standard InChI is InChI=1S/C8H10N2O3/c1-3-10-4-6(7(11)12)5(2)9-8(10)13/h4H,3H2,1-2H3,(H,11,12). The average Bonchev–Trinajstić information content (AvgIpc) is 2.03. The Kier molecular flexibility index (Phi) is 2.46. The molecule has 0 unspecified atom stereocenters. The SMILES string of the molecule is CCn1cc(C(=O)O)c(C)nc1=O. The van der Waals surface area contributed by atoms with Gasteiger partial charge < -0.3 is 5.11 Å². The highest BCUT2D eigenvalue weighted by Crippen LogP contribution is 2.00. The van der Waals surface area contributed by atoms with Crippen LogP contribution in [-0.4, -0.2) is 20.6 Å². The van der Waals surface area contributed by atoms with Gasteiger partial charge in [0.05, 0.1) is 11.3 Å². The van der Waals surface area contributed by atoms with Crippen molar-refractivity contribution < 1.29 is 9.90 Å². The third kappa shape index (κ3) is 1.74. The molecule has 0 amide bonds. The van der Waals surface area contributed by atoms with E-state index in [1.54, 1.807) is 6.92 Å². The number of carbonyl (C=O) groups is 1. The normalized spacial score (nSPS) is 10.0. The predicted octanol–water partition coefficient (Wildman–Crippen LogP) is 0.270. The van der Waals surface area contributed by atoms with Crippen molar-refractivity contribution in [1.29, 1.82) is 0 Å². The Hall–Kier alpha value is -1.65. The first-order valence-corrected chi connectivity index (χ1v) is 3.87. The molecule has 1 N–H and O–H groups in total. The molecule has 1 aromatic rings. The van der Waals surface area contributed by atoms with E-state index in [0.717, 1.165) is 0 Å². The van der Waals surface area contributed by atoms with Gasteiger partial charge in [0.2, 0.25) is 0 Å². The van der Waals surface area contributed by atoms with E-state index in [-0.39, 0.29) is 11.3 Å². The summed E-state index contributed by atoms with van der Waals surface area (Å²) in [6, 6.07) is 0. The van der Waals surface area contributed by atoms with Crippen molar-refractivity contribution in [3.63, 3.8) is 0 Å². The number of hydrogen-bond donors (Lipinski definition) is 1. The van der Waals surface area contributed by atoms with Gasteiger partial charge in [0.1, 0.15) is 0 Å². The summed E-state index contributed by atoms with van der Waals surface area (Å²) < 4.78 is 1.26. The molecule has 0 aliphatic heterocycles. The van der Waals surface area contributed by atoms with Crippen molar-refractivity contribution in [2.75, 3.05) is 0 Å². The molecule has 0 radical (unpaired) electrons. The van der Waals surface area contributed by atoms with Gasteiger partial charge in [-0.1, -0.05) is 0 Å². The van der Waals surface area contributed by atoms with Crippen LogP contribution in [-0.2, 0) is 6.54 Å². The molecule has 5 nitrogen and oxygen atoms in total. The summed E-state index contributed by atoms with van der Waals surface area (Å²) in [6.45, 7) is 3.68. The van der Waals surface area contributed by atoms with Crippen LogP contribution >= 0.6 is 0 Å². The molecule has 0 fully saturated rings. The van der Waals surface area contributed by atoms with Crippen molar-refractivity contribution in [2.24, 2.45) is 0 Å². The number of aryl methyl sites for hydroxylation is 2. The Balaban J connectivity index is 3.39. The Morgan fingerprint density at radius 2 is 2.31 bits per heavy atom. The molecule has 0 aliphatic rings. The van der Waals surface area contributed by atoms with E-state index in [2.05, 4.69) is 4.98 Å². The van der Waals surface area contributed by atoms with Crippen molar-refractivity contribution in [3.8, 4) is 0 Å². The first kappa shape index (κ1) is 9.44. The summed E-state index contributed by atoms with van der Waals surface area (Å²) in [5.41, 5.74) is -0.0892. The third-order valence-corrected chi connectivity index (χ3v) is 1.75. The van der Waals surface area contributed by atoms with Gasteiger partial charge in [-0.15, -0.1) is 0 Å². The zero-order valence-electron chi connectivity index (χ0n) is 7.44. The maximum absolute atomic E-state index is 11.1. The Labute approximate surface area is 74.7 Å². The van der Waals surface area contributed by atoms with Crippen LogP contribution in [0.3, 0.4) is 0 Å². The minimum atomic E-state index is -1.06. The largest absolute Gasteiger partial charge is 0.478 e. The number of carboxylic acids is 1. The Morgan fingerprint density at radius 3 is 2.77 bits per heavy atom. The molecular formula is C8H10N2O3. The van der Waals surface area contributed by atoms with Gasteiger partial charge in [-0.3, -0.25) is 4.57 Å². The summed E-state index contributed by atoms with van der Waals surface area (Å²) in [4.78, 5) is 25.3. The molecule has 1 aromatic heterocycles. The lowest BCUT2D eigenvalue weighted by atomic mass is 10.2. The van der Waals surface area contributed by atoms with Crippen LogP contribution in [0.25, 0.3) is 0 Å². The minimum absolute atomic E-state index is 0.0708. The second-order valence-electron chi connectivity index (χ2n) is 2.61. The van der Waals surface area contributed by atoms with Crippen LogP contribution < -0.4 is 5.69 Å². The molecular weight excluding hydrogens is 172 g/mol. The Morgan fingerprint density at radius 1 is 1.69 bits per heavy atom. The van der Waals surface area contributed by atoms with Crippen LogP contribution in [0.5, 0.6) is 0 Å². The second kappa shape index (κ2) is 3.38. The number of rotatable bonds is 2. The highest BCUT2D eigenvalue weighted by Gasteiger charge is 2.10. The summed E-state index contributed by atoms with van der Waals surface area (Å²) in [5.74, 6) is -1.06. The van der Waals surface area contributed by atoms with E-state index in [0.29, 0.717) is 6.54 Å². The van der Waals surface area contributed by atoms with Crippen LogP contribution in [0.1, 0.15) is 23.0 Å². The van der Waals surface area contributed by atoms with Crippen molar-refractivity contribution in [2.45, 2.75) is 20.4 Å². The molecule has 0 spiro atoms. The highest BCUT2D eigenvalue weighted by atomic mass is 16.4. The molecule has 13 heavy (non-hydrogen) atoms. The molecule has 1 heterocycles. The topological polar surface area (TPSA) is 72.2 Å². The van der Waals surface area contributed by atoms with Crippen LogP contribution in [0.15, 0.2) is 11.0 Å². The molecule has 5 heteroatoms. The van der Waals surface area contributed by atoms with Crippen LogP contribution in [0, 0.1) is 6.92 Å². The number of carboxylic acid groups (broad SMARTS) is 1. The molecule has 0 aliphatic carbocycles. The maximum atomic E-state index is 11.1. The maximum Gasteiger partial charge on any atom is 0.347 e. The highest BCUT2D eigenvalue weighted by molar-refractivity contribution is 5.88. The molecule has 0 saturated heterocycles. The van der Waals surface area contributed by atoms with Crippen molar-refractivity contribution in [1.82, 2.24) is 9.55 Å². The lowest BCUT2D eigenvalue weighted by molar-refractivity contribution is 0.0694. The predicted molar refractivity (Wildman–Crippen MR) is 45.9 cm³/mol. The van der Waals surface area contributed by atoms with E-state index in [9.17, 15) is 9.59 Å². The lowest BCUT2D eigenvalue weighted by Crippen LogP contribution is -2.24. The van der Waals surface area contributed by atoms with E-state index in [1.165, 1.54) is 17.7 Å². The number of aromatic carboxylic acids is 1. The van der Waals surface area contributed by atoms with Gasteiger partial charge in [-0.25, -0.2) is 9.59 Å². The van der Waals surface area contributed by atoms with Gasteiger partial charge in [0, 0.05) is 12.7 Å². The molecule has 0 bridgehead atoms. The van der Waals surface area contributed by atoms with Gasteiger partial charge in [0.15, 0.2) is 0 Å². The number of nitrogens with zero attached hydrogens (tertiary/aromatic N) is 2. The average molecular weight is 182 g/mol. The molecule has 70 valence electrons. The van der Waals surface area contributed by atoms with E-state index in [4.69, 9.17) is 5.11 Å². The molecule has 0 atom stereocenters. The van der Waals surface area contributed by atoms with Crippen LogP contribution in [0.4, 0.5) is 0 Å². The first-order chi connectivity index (χ1) is 6.06.